The molecule has 0 saturated heterocycles. The second-order valence-electron chi connectivity index (χ2n) is 5.67. The van der Waals surface area contributed by atoms with Crippen molar-refractivity contribution in [1.82, 2.24) is 0 Å². The van der Waals surface area contributed by atoms with Gasteiger partial charge in [0.1, 0.15) is 6.10 Å². The Hall–Kier alpha value is -3.23. The topological polar surface area (TPSA) is 54.0 Å². The molecule has 0 N–H and O–H groups in total. The Kier molecular flexibility index (Phi) is 6.14. The van der Waals surface area contributed by atoms with E-state index in [2.05, 4.69) is 11.8 Å². The molecule has 2 aromatic rings. The fraction of sp³-hybridized carbons (Fsp3) is 0.227. The molecular formula is C22H20O5. The average molecular weight is 364 g/mol. The molecule has 5 heteroatoms. The Morgan fingerprint density at radius 2 is 1.96 bits per heavy atom. The van der Waals surface area contributed by atoms with Gasteiger partial charge in [0.25, 0.3) is 0 Å². The van der Waals surface area contributed by atoms with Crippen LogP contribution in [0.25, 0.3) is 6.08 Å². The van der Waals surface area contributed by atoms with Gasteiger partial charge in [0.2, 0.25) is 6.79 Å². The first-order chi connectivity index (χ1) is 13.2. The summed E-state index contributed by atoms with van der Waals surface area (Å²) in [7, 11) is 1.59. The zero-order valence-corrected chi connectivity index (χ0v) is 15.2. The first kappa shape index (κ1) is 18.6. The van der Waals surface area contributed by atoms with Crippen molar-refractivity contribution in [2.45, 2.75) is 13.0 Å². The molecule has 0 saturated carbocycles. The Bertz CT molecular complexity index is 890. The van der Waals surface area contributed by atoms with Crippen molar-refractivity contribution in [1.29, 1.82) is 0 Å². The second-order valence-corrected chi connectivity index (χ2v) is 5.67. The van der Waals surface area contributed by atoms with Crippen LogP contribution in [-0.4, -0.2) is 26.5 Å². The Labute approximate surface area is 158 Å². The SMILES string of the molecule is CCOC(=O)/C=C/c1cc2c(cc1C(C#Cc1ccccc1)OC)OCO2. The average Bonchev–Trinajstić information content (AvgIpc) is 3.15. The lowest BCUT2D eigenvalue weighted by molar-refractivity contribution is -0.137. The number of rotatable bonds is 5. The van der Waals surface area contributed by atoms with Gasteiger partial charge in [0.05, 0.1) is 6.61 Å². The van der Waals surface area contributed by atoms with E-state index in [-0.39, 0.29) is 6.79 Å². The fourth-order valence-electron chi connectivity index (χ4n) is 2.63. The molecule has 0 fully saturated rings. The molecule has 1 heterocycles. The Morgan fingerprint density at radius 3 is 2.67 bits per heavy atom. The summed E-state index contributed by atoms with van der Waals surface area (Å²) in [6.07, 6.45) is 2.55. The maximum absolute atomic E-state index is 11.7. The number of carbonyl (C=O) groups is 1. The molecular weight excluding hydrogens is 344 g/mol. The van der Waals surface area contributed by atoms with Gasteiger partial charge >= 0.3 is 5.97 Å². The highest BCUT2D eigenvalue weighted by Crippen LogP contribution is 2.38. The summed E-state index contributed by atoms with van der Waals surface area (Å²) in [6.45, 7) is 2.24. The van der Waals surface area contributed by atoms with Crippen molar-refractivity contribution in [2.75, 3.05) is 20.5 Å². The summed E-state index contributed by atoms with van der Waals surface area (Å²) in [5.74, 6) is 7.07. The first-order valence-electron chi connectivity index (χ1n) is 8.59. The predicted octanol–water partition coefficient (Wildman–Crippen LogP) is 3.73. The lowest BCUT2D eigenvalue weighted by Gasteiger charge is -2.14. The number of benzene rings is 2. The minimum absolute atomic E-state index is 0.160. The standard InChI is InChI=1S/C22H20O5/c1-3-25-22(23)12-10-17-13-20-21(27-15-26-20)14-18(17)19(24-2)11-9-16-7-5-4-6-8-16/h4-8,10,12-14,19H,3,15H2,1-2H3/b12-10+. The molecule has 0 amide bonds. The van der Waals surface area contributed by atoms with E-state index in [1.54, 1.807) is 20.1 Å². The van der Waals surface area contributed by atoms with Crippen LogP contribution in [0.5, 0.6) is 11.5 Å². The zero-order valence-electron chi connectivity index (χ0n) is 15.2. The van der Waals surface area contributed by atoms with Gasteiger partial charge in [-0.1, -0.05) is 30.0 Å². The maximum atomic E-state index is 11.7. The molecule has 0 spiro atoms. The smallest absolute Gasteiger partial charge is 0.330 e. The van der Waals surface area contributed by atoms with Crippen LogP contribution < -0.4 is 9.47 Å². The van der Waals surface area contributed by atoms with Crippen LogP contribution in [0.3, 0.4) is 0 Å². The van der Waals surface area contributed by atoms with Crippen molar-refractivity contribution in [2.24, 2.45) is 0 Å². The van der Waals surface area contributed by atoms with Gasteiger partial charge in [-0.2, -0.15) is 0 Å². The van der Waals surface area contributed by atoms with Crippen molar-refractivity contribution in [3.8, 4) is 23.3 Å². The third-order valence-electron chi connectivity index (χ3n) is 3.90. The number of hydrogen-bond donors (Lipinski definition) is 0. The molecule has 5 nitrogen and oxygen atoms in total. The predicted molar refractivity (Wildman–Crippen MR) is 101 cm³/mol. The van der Waals surface area contributed by atoms with E-state index < -0.39 is 12.1 Å². The summed E-state index contributed by atoms with van der Waals surface area (Å²) in [5, 5.41) is 0. The molecule has 0 aromatic heterocycles. The minimum Gasteiger partial charge on any atom is -0.463 e. The molecule has 0 bridgehead atoms. The second kappa shape index (κ2) is 8.93. The normalized spacial score (nSPS) is 13.1. The first-order valence-corrected chi connectivity index (χ1v) is 8.59. The minimum atomic E-state index is -0.499. The monoisotopic (exact) mass is 364 g/mol. The molecule has 1 atom stereocenters. The lowest BCUT2D eigenvalue weighted by atomic mass is 10.0. The van der Waals surface area contributed by atoms with Gasteiger partial charge in [0.15, 0.2) is 11.5 Å². The van der Waals surface area contributed by atoms with E-state index >= 15 is 0 Å². The van der Waals surface area contributed by atoms with Crippen molar-refractivity contribution in [3.05, 3.63) is 65.2 Å². The van der Waals surface area contributed by atoms with E-state index in [0.29, 0.717) is 18.1 Å². The van der Waals surface area contributed by atoms with Crippen LogP contribution in [0, 0.1) is 11.8 Å². The number of hydrogen-bond acceptors (Lipinski definition) is 5. The molecule has 1 aliphatic heterocycles. The number of methoxy groups -OCH3 is 1. The van der Waals surface area contributed by atoms with E-state index in [1.165, 1.54) is 6.08 Å². The molecule has 3 rings (SSSR count). The number of carbonyl (C=O) groups excluding carboxylic acids is 1. The van der Waals surface area contributed by atoms with Gasteiger partial charge in [-0.15, -0.1) is 0 Å². The fourth-order valence-corrected chi connectivity index (χ4v) is 2.63. The highest BCUT2D eigenvalue weighted by Gasteiger charge is 2.20. The van der Waals surface area contributed by atoms with Gasteiger partial charge in [-0.05, 0) is 42.8 Å². The summed E-state index contributed by atoms with van der Waals surface area (Å²) >= 11 is 0. The third-order valence-corrected chi connectivity index (χ3v) is 3.90. The van der Waals surface area contributed by atoms with Crippen LogP contribution in [0.1, 0.15) is 29.7 Å². The number of fused-ring (bicyclic) bond motifs is 1. The van der Waals surface area contributed by atoms with E-state index in [9.17, 15) is 4.79 Å². The molecule has 0 radical (unpaired) electrons. The highest BCUT2D eigenvalue weighted by molar-refractivity contribution is 5.87. The largest absolute Gasteiger partial charge is 0.463 e. The van der Waals surface area contributed by atoms with Crippen LogP contribution >= 0.6 is 0 Å². The quantitative estimate of drug-likeness (QED) is 0.460. The van der Waals surface area contributed by atoms with Gasteiger partial charge < -0.3 is 18.9 Å². The molecule has 1 aliphatic rings. The molecule has 27 heavy (non-hydrogen) atoms. The maximum Gasteiger partial charge on any atom is 0.330 e. The summed E-state index contributed by atoms with van der Waals surface area (Å²) in [6, 6.07) is 13.3. The zero-order chi connectivity index (χ0) is 19.1. The molecule has 2 aromatic carbocycles. The summed E-state index contributed by atoms with van der Waals surface area (Å²) in [4.78, 5) is 11.7. The van der Waals surface area contributed by atoms with Gasteiger partial charge in [0, 0.05) is 24.3 Å². The van der Waals surface area contributed by atoms with Crippen LogP contribution in [0.4, 0.5) is 0 Å². The third kappa shape index (κ3) is 4.69. The highest BCUT2D eigenvalue weighted by atomic mass is 16.7. The summed E-state index contributed by atoms with van der Waals surface area (Å²) in [5.41, 5.74) is 2.43. The van der Waals surface area contributed by atoms with E-state index in [0.717, 1.165) is 16.7 Å². The Balaban J connectivity index is 1.96. The molecule has 0 aliphatic carbocycles. The summed E-state index contributed by atoms with van der Waals surface area (Å²) < 4.78 is 21.5. The number of ether oxygens (including phenoxy) is 4. The van der Waals surface area contributed by atoms with Crippen LogP contribution in [-0.2, 0) is 14.3 Å². The van der Waals surface area contributed by atoms with Crippen LogP contribution in [0.2, 0.25) is 0 Å². The number of esters is 1. The van der Waals surface area contributed by atoms with E-state index in [4.69, 9.17) is 18.9 Å². The van der Waals surface area contributed by atoms with Crippen LogP contribution in [0.15, 0.2) is 48.5 Å². The Morgan fingerprint density at radius 1 is 1.22 bits per heavy atom. The lowest BCUT2D eigenvalue weighted by Crippen LogP contribution is -2.03. The van der Waals surface area contributed by atoms with Gasteiger partial charge in [-0.3, -0.25) is 0 Å². The molecule has 1 unspecified atom stereocenters. The molecule has 138 valence electrons. The van der Waals surface area contributed by atoms with Crippen molar-refractivity contribution in [3.63, 3.8) is 0 Å². The van der Waals surface area contributed by atoms with Gasteiger partial charge in [-0.25, -0.2) is 4.79 Å². The van der Waals surface area contributed by atoms with E-state index in [1.807, 2.05) is 42.5 Å². The van der Waals surface area contributed by atoms with Crippen molar-refractivity contribution >= 4 is 12.0 Å². The van der Waals surface area contributed by atoms with Crippen molar-refractivity contribution < 1.29 is 23.7 Å².